The van der Waals surface area contributed by atoms with Crippen LogP contribution in [0.4, 0.5) is 18.9 Å². The van der Waals surface area contributed by atoms with Gasteiger partial charge in [-0.05, 0) is 31.5 Å². The Morgan fingerprint density at radius 3 is 2.29 bits per heavy atom. The number of carbonyl (C=O) groups excluding carboxylic acids is 1. The van der Waals surface area contributed by atoms with Crippen LogP contribution in [0.25, 0.3) is 0 Å². The lowest BCUT2D eigenvalue weighted by Crippen LogP contribution is -2.43. The number of nitrogens with one attached hydrogen (secondary N) is 1. The molecule has 21 heavy (non-hydrogen) atoms. The Bertz CT molecular complexity index is 458. The van der Waals surface area contributed by atoms with E-state index in [1.807, 2.05) is 31.3 Å². The van der Waals surface area contributed by atoms with Gasteiger partial charge in [-0.15, -0.1) is 0 Å². The predicted octanol–water partition coefficient (Wildman–Crippen LogP) is 2.04. The van der Waals surface area contributed by atoms with E-state index < -0.39 is 18.6 Å². The number of amides is 1. The Hall–Kier alpha value is -1.76. The molecule has 1 amide bonds. The molecule has 0 spiro atoms. The third kappa shape index (κ3) is 6.03. The van der Waals surface area contributed by atoms with Gasteiger partial charge in [-0.3, -0.25) is 4.79 Å². The average Bonchev–Trinajstić information content (AvgIpc) is 2.41. The Labute approximate surface area is 122 Å². The summed E-state index contributed by atoms with van der Waals surface area (Å²) < 4.78 is 36.2. The van der Waals surface area contributed by atoms with Crippen LogP contribution in [-0.2, 0) is 11.3 Å². The summed E-state index contributed by atoms with van der Waals surface area (Å²) in [6.07, 6.45) is -4.40. The van der Waals surface area contributed by atoms with E-state index in [-0.39, 0.29) is 12.6 Å². The highest BCUT2D eigenvalue weighted by molar-refractivity contribution is 5.81. The molecule has 0 unspecified atom stereocenters. The monoisotopic (exact) mass is 303 g/mol. The fraction of sp³-hybridized carbons (Fsp3) is 0.500. The van der Waals surface area contributed by atoms with Gasteiger partial charge in [-0.1, -0.05) is 12.1 Å². The van der Waals surface area contributed by atoms with Crippen LogP contribution in [0.1, 0.15) is 19.4 Å². The molecule has 0 saturated carbocycles. The molecular weight excluding hydrogens is 283 g/mol. The molecule has 0 atom stereocenters. The fourth-order valence-corrected chi connectivity index (χ4v) is 1.80. The van der Waals surface area contributed by atoms with Crippen molar-refractivity contribution < 1.29 is 18.0 Å². The Morgan fingerprint density at radius 2 is 1.86 bits per heavy atom. The third-order valence-corrected chi connectivity index (χ3v) is 2.93. The van der Waals surface area contributed by atoms with Gasteiger partial charge in [0.2, 0.25) is 5.91 Å². The quantitative estimate of drug-likeness (QED) is 0.845. The minimum Gasteiger partial charge on any atom is -0.360 e. The van der Waals surface area contributed by atoms with Crippen molar-refractivity contribution in [1.82, 2.24) is 5.32 Å². The highest BCUT2D eigenvalue weighted by Gasteiger charge is 2.28. The summed E-state index contributed by atoms with van der Waals surface area (Å²) in [7, 11) is 0. The van der Waals surface area contributed by atoms with Crippen LogP contribution in [0.5, 0.6) is 0 Å². The van der Waals surface area contributed by atoms with Gasteiger partial charge in [0.25, 0.3) is 0 Å². The number of hydrogen-bond acceptors (Lipinski definition) is 3. The van der Waals surface area contributed by atoms with Crippen molar-refractivity contribution in [2.24, 2.45) is 5.73 Å². The molecule has 0 aliphatic carbocycles. The fourth-order valence-electron chi connectivity index (χ4n) is 1.80. The Morgan fingerprint density at radius 1 is 1.29 bits per heavy atom. The summed E-state index contributed by atoms with van der Waals surface area (Å²) in [6.45, 7) is 2.70. The summed E-state index contributed by atoms with van der Waals surface area (Å²) in [5, 5.41) is 1.87. The lowest BCUT2D eigenvalue weighted by atomic mass is 10.1. The number of nitrogens with two attached hydrogens (primary N) is 1. The van der Waals surface area contributed by atoms with Crippen LogP contribution >= 0.6 is 0 Å². The number of nitrogens with zero attached hydrogens (tertiary/aromatic N) is 1. The summed E-state index contributed by atoms with van der Waals surface area (Å²) in [4.78, 5) is 13.4. The molecular formula is C14H20F3N3O. The van der Waals surface area contributed by atoms with Crippen molar-refractivity contribution in [2.75, 3.05) is 18.0 Å². The Balaban J connectivity index is 2.71. The van der Waals surface area contributed by atoms with E-state index in [1.165, 1.54) is 0 Å². The first-order valence-corrected chi connectivity index (χ1v) is 6.62. The standard InChI is InChI=1S/C14H20F3N3O/c1-10(2)20(8-13(21)19-9-14(15,16)17)12-5-3-11(7-18)4-6-12/h3-6,10H,7-9,18H2,1-2H3,(H,19,21). The number of carbonyl (C=O) groups is 1. The molecule has 0 saturated heterocycles. The zero-order valence-corrected chi connectivity index (χ0v) is 12.1. The molecule has 1 aromatic rings. The van der Waals surface area contributed by atoms with E-state index in [1.54, 1.807) is 17.0 Å². The van der Waals surface area contributed by atoms with E-state index in [9.17, 15) is 18.0 Å². The molecule has 3 N–H and O–H groups in total. The lowest BCUT2D eigenvalue weighted by molar-refractivity contribution is -0.137. The maximum Gasteiger partial charge on any atom is 0.405 e. The van der Waals surface area contributed by atoms with E-state index in [0.29, 0.717) is 6.54 Å². The molecule has 0 fully saturated rings. The second-order valence-corrected chi connectivity index (χ2v) is 4.98. The van der Waals surface area contributed by atoms with Crippen LogP contribution in [0.15, 0.2) is 24.3 Å². The van der Waals surface area contributed by atoms with Crippen LogP contribution in [0, 0.1) is 0 Å². The van der Waals surface area contributed by atoms with Crippen molar-refractivity contribution in [2.45, 2.75) is 32.6 Å². The molecule has 0 aliphatic rings. The summed E-state index contributed by atoms with van der Waals surface area (Å²) in [6, 6.07) is 7.25. The van der Waals surface area contributed by atoms with Crippen molar-refractivity contribution >= 4 is 11.6 Å². The number of benzene rings is 1. The van der Waals surface area contributed by atoms with Crippen molar-refractivity contribution in [1.29, 1.82) is 0 Å². The minimum atomic E-state index is -4.40. The van der Waals surface area contributed by atoms with E-state index in [0.717, 1.165) is 11.3 Å². The van der Waals surface area contributed by atoms with E-state index in [4.69, 9.17) is 5.73 Å². The predicted molar refractivity (Wildman–Crippen MR) is 75.9 cm³/mol. The molecule has 0 radical (unpaired) electrons. The van der Waals surface area contributed by atoms with Crippen LogP contribution in [0.2, 0.25) is 0 Å². The number of hydrogen-bond donors (Lipinski definition) is 2. The second-order valence-electron chi connectivity index (χ2n) is 4.98. The summed E-state index contributed by atoms with van der Waals surface area (Å²) in [5.74, 6) is -0.663. The summed E-state index contributed by atoms with van der Waals surface area (Å²) in [5.41, 5.74) is 7.23. The second kappa shape index (κ2) is 7.31. The Kier molecular flexibility index (Phi) is 6.02. The minimum absolute atomic E-state index is 0.0228. The summed E-state index contributed by atoms with van der Waals surface area (Å²) >= 11 is 0. The van der Waals surface area contributed by atoms with Gasteiger partial charge in [-0.2, -0.15) is 13.2 Å². The van der Waals surface area contributed by atoms with Gasteiger partial charge in [0, 0.05) is 18.3 Å². The number of halogens is 3. The molecule has 4 nitrogen and oxygen atoms in total. The molecule has 1 rings (SSSR count). The normalized spacial score (nSPS) is 11.6. The average molecular weight is 303 g/mol. The molecule has 0 aromatic heterocycles. The number of alkyl halides is 3. The maximum absolute atomic E-state index is 12.1. The highest BCUT2D eigenvalue weighted by atomic mass is 19.4. The van der Waals surface area contributed by atoms with Crippen LogP contribution in [0.3, 0.4) is 0 Å². The van der Waals surface area contributed by atoms with Gasteiger partial charge in [-0.25, -0.2) is 0 Å². The molecule has 1 aromatic carbocycles. The first-order chi connectivity index (χ1) is 9.73. The first kappa shape index (κ1) is 17.3. The van der Waals surface area contributed by atoms with Gasteiger partial charge < -0.3 is 16.0 Å². The lowest BCUT2D eigenvalue weighted by Gasteiger charge is -2.28. The zero-order valence-electron chi connectivity index (χ0n) is 12.1. The topological polar surface area (TPSA) is 58.4 Å². The van der Waals surface area contributed by atoms with Crippen molar-refractivity contribution in [3.63, 3.8) is 0 Å². The third-order valence-electron chi connectivity index (χ3n) is 2.93. The van der Waals surface area contributed by atoms with Crippen LogP contribution < -0.4 is 16.0 Å². The van der Waals surface area contributed by atoms with E-state index >= 15 is 0 Å². The molecule has 118 valence electrons. The molecule has 7 heteroatoms. The number of rotatable bonds is 6. The smallest absolute Gasteiger partial charge is 0.360 e. The molecule has 0 bridgehead atoms. The highest BCUT2D eigenvalue weighted by Crippen LogP contribution is 2.18. The van der Waals surface area contributed by atoms with Gasteiger partial charge in [0.15, 0.2) is 0 Å². The van der Waals surface area contributed by atoms with Crippen LogP contribution in [-0.4, -0.2) is 31.2 Å². The van der Waals surface area contributed by atoms with Gasteiger partial charge in [0.05, 0.1) is 6.54 Å². The number of anilines is 1. The van der Waals surface area contributed by atoms with Crippen molar-refractivity contribution in [3.8, 4) is 0 Å². The first-order valence-electron chi connectivity index (χ1n) is 6.62. The van der Waals surface area contributed by atoms with Gasteiger partial charge >= 0.3 is 6.18 Å². The maximum atomic E-state index is 12.1. The SMILES string of the molecule is CC(C)N(CC(=O)NCC(F)(F)F)c1ccc(CN)cc1. The van der Waals surface area contributed by atoms with Crippen molar-refractivity contribution in [3.05, 3.63) is 29.8 Å². The largest absolute Gasteiger partial charge is 0.405 e. The molecule has 0 heterocycles. The van der Waals surface area contributed by atoms with Gasteiger partial charge in [0.1, 0.15) is 6.54 Å². The molecule has 0 aliphatic heterocycles. The van der Waals surface area contributed by atoms with E-state index in [2.05, 4.69) is 0 Å². The zero-order chi connectivity index (χ0) is 16.0.